The van der Waals surface area contributed by atoms with Gasteiger partial charge in [-0.05, 0) is 6.92 Å². The van der Waals surface area contributed by atoms with Gasteiger partial charge in [-0.2, -0.15) is 0 Å². The minimum atomic E-state index is -2.21. The smallest absolute Gasteiger partial charge is 0.230 e. The maximum absolute atomic E-state index is 12.7. The number of hydrogen-bond acceptors (Lipinski definition) is 1. The van der Waals surface area contributed by atoms with Crippen molar-refractivity contribution in [2.75, 3.05) is 0 Å². The molecular formula is C8H9FO. The van der Waals surface area contributed by atoms with Crippen molar-refractivity contribution in [3.8, 4) is 0 Å². The molecule has 0 saturated heterocycles. The van der Waals surface area contributed by atoms with E-state index in [0.29, 0.717) is 0 Å². The van der Waals surface area contributed by atoms with Gasteiger partial charge in [-0.25, -0.2) is 4.39 Å². The first-order valence-corrected chi connectivity index (χ1v) is 3.07. The van der Waals surface area contributed by atoms with Crippen LogP contribution in [0.2, 0.25) is 0 Å². The average molecular weight is 140 g/mol. The van der Waals surface area contributed by atoms with Crippen molar-refractivity contribution in [2.45, 2.75) is 12.8 Å². The van der Waals surface area contributed by atoms with Crippen molar-refractivity contribution in [2.24, 2.45) is 0 Å². The molecule has 0 aliphatic carbocycles. The van der Waals surface area contributed by atoms with Gasteiger partial charge in [0.15, 0.2) is 0 Å². The van der Waals surface area contributed by atoms with Crippen LogP contribution in [0.4, 0.5) is 4.39 Å². The highest BCUT2D eigenvalue weighted by atomic mass is 19.2. The Kier molecular flexibility index (Phi) is 1.72. The molecule has 1 nitrogen and oxygen atoms in total. The topological polar surface area (TPSA) is 20.2 Å². The lowest BCUT2D eigenvalue weighted by molar-refractivity contribution is -0.0768. The van der Waals surface area contributed by atoms with Crippen molar-refractivity contribution < 1.29 is 9.50 Å². The Hall–Kier alpha value is -0.890. The molecule has 1 N–H and O–H groups in total. The van der Waals surface area contributed by atoms with Gasteiger partial charge >= 0.3 is 0 Å². The Morgan fingerprint density at radius 1 is 1.30 bits per heavy atom. The first-order chi connectivity index (χ1) is 4.61. The fourth-order valence-electron chi connectivity index (χ4n) is 0.742. The third kappa shape index (κ3) is 1.54. The summed E-state index contributed by atoms with van der Waals surface area (Å²) in [6.07, 6.45) is 0. The number of rotatable bonds is 1. The van der Waals surface area contributed by atoms with Crippen LogP contribution in [-0.2, 0) is 5.85 Å². The summed E-state index contributed by atoms with van der Waals surface area (Å²) in [5.41, 5.74) is 0.287. The standard InChI is InChI=1S/C8H9FO/c1-8(9,10)7-5-3-2-4-6-7/h2-6,10H,1H3/t8-/m0/s1. The van der Waals surface area contributed by atoms with Crippen molar-refractivity contribution in [3.63, 3.8) is 0 Å². The summed E-state index contributed by atoms with van der Waals surface area (Å²) < 4.78 is 12.7. The Bertz CT molecular complexity index is 200. The molecule has 0 radical (unpaired) electrons. The molecule has 1 aromatic rings. The van der Waals surface area contributed by atoms with Crippen LogP contribution in [0.25, 0.3) is 0 Å². The van der Waals surface area contributed by atoms with Crippen molar-refractivity contribution in [1.29, 1.82) is 0 Å². The Labute approximate surface area is 59.1 Å². The molecule has 0 bridgehead atoms. The van der Waals surface area contributed by atoms with E-state index in [9.17, 15) is 4.39 Å². The lowest BCUT2D eigenvalue weighted by atomic mass is 10.1. The zero-order valence-corrected chi connectivity index (χ0v) is 5.71. The monoisotopic (exact) mass is 140 g/mol. The fraction of sp³-hybridized carbons (Fsp3) is 0.250. The SMILES string of the molecule is C[C@@](O)(F)c1ccccc1. The number of hydrogen-bond donors (Lipinski definition) is 1. The number of aliphatic hydroxyl groups is 1. The molecule has 0 aliphatic heterocycles. The van der Waals surface area contributed by atoms with E-state index in [1.807, 2.05) is 0 Å². The summed E-state index contributed by atoms with van der Waals surface area (Å²) in [5.74, 6) is -2.21. The predicted molar refractivity (Wildman–Crippen MR) is 37.1 cm³/mol. The highest BCUT2D eigenvalue weighted by Crippen LogP contribution is 2.20. The van der Waals surface area contributed by atoms with Gasteiger partial charge in [0.2, 0.25) is 5.85 Å². The molecule has 0 heterocycles. The zero-order valence-electron chi connectivity index (χ0n) is 5.71. The molecule has 0 aromatic heterocycles. The first-order valence-electron chi connectivity index (χ1n) is 3.07. The van der Waals surface area contributed by atoms with Crippen LogP contribution in [0.5, 0.6) is 0 Å². The Balaban J connectivity index is 2.97. The van der Waals surface area contributed by atoms with Gasteiger partial charge in [0.05, 0.1) is 0 Å². The van der Waals surface area contributed by atoms with Gasteiger partial charge in [-0.1, -0.05) is 30.3 Å². The van der Waals surface area contributed by atoms with Gasteiger partial charge in [0.25, 0.3) is 0 Å². The van der Waals surface area contributed by atoms with Crippen LogP contribution in [0.1, 0.15) is 12.5 Å². The van der Waals surface area contributed by atoms with Gasteiger partial charge in [-0.3, -0.25) is 0 Å². The minimum Gasteiger partial charge on any atom is -0.358 e. The lowest BCUT2D eigenvalue weighted by Crippen LogP contribution is -2.12. The number of alkyl halides is 1. The first kappa shape index (κ1) is 7.22. The molecule has 1 rings (SSSR count). The van der Waals surface area contributed by atoms with E-state index in [4.69, 9.17) is 5.11 Å². The summed E-state index contributed by atoms with van der Waals surface area (Å²) >= 11 is 0. The van der Waals surface area contributed by atoms with E-state index in [2.05, 4.69) is 0 Å². The molecule has 0 aliphatic rings. The third-order valence-corrected chi connectivity index (χ3v) is 1.30. The van der Waals surface area contributed by atoms with Gasteiger partial charge in [0.1, 0.15) is 0 Å². The van der Waals surface area contributed by atoms with Crippen LogP contribution in [0, 0.1) is 0 Å². The summed E-state index contributed by atoms with van der Waals surface area (Å²) in [5, 5.41) is 8.82. The highest BCUT2D eigenvalue weighted by molar-refractivity contribution is 5.18. The molecular weight excluding hydrogens is 131 g/mol. The largest absolute Gasteiger partial charge is 0.358 e. The normalized spacial score (nSPS) is 16.3. The van der Waals surface area contributed by atoms with Crippen LogP contribution in [0.3, 0.4) is 0 Å². The molecule has 0 amide bonds. The average Bonchev–Trinajstić information content (AvgIpc) is 1.88. The summed E-state index contributed by atoms with van der Waals surface area (Å²) in [4.78, 5) is 0. The van der Waals surface area contributed by atoms with E-state index in [1.54, 1.807) is 30.3 Å². The molecule has 1 aromatic carbocycles. The molecule has 0 fully saturated rings. The molecule has 54 valence electrons. The second-order valence-corrected chi connectivity index (χ2v) is 2.32. The highest BCUT2D eigenvalue weighted by Gasteiger charge is 2.19. The van der Waals surface area contributed by atoms with Crippen molar-refractivity contribution >= 4 is 0 Å². The van der Waals surface area contributed by atoms with Crippen LogP contribution < -0.4 is 0 Å². The van der Waals surface area contributed by atoms with Crippen LogP contribution in [0.15, 0.2) is 30.3 Å². The molecule has 0 unspecified atom stereocenters. The lowest BCUT2D eigenvalue weighted by Gasteiger charge is -2.11. The Morgan fingerprint density at radius 2 is 1.80 bits per heavy atom. The third-order valence-electron chi connectivity index (χ3n) is 1.30. The van der Waals surface area contributed by atoms with E-state index in [0.717, 1.165) is 6.92 Å². The summed E-state index contributed by atoms with van der Waals surface area (Å²) in [6, 6.07) is 8.22. The van der Waals surface area contributed by atoms with E-state index >= 15 is 0 Å². The van der Waals surface area contributed by atoms with E-state index in [-0.39, 0.29) is 5.56 Å². The molecule has 1 atom stereocenters. The fourth-order valence-corrected chi connectivity index (χ4v) is 0.742. The van der Waals surface area contributed by atoms with E-state index in [1.165, 1.54) is 0 Å². The van der Waals surface area contributed by atoms with Crippen LogP contribution in [-0.4, -0.2) is 5.11 Å². The van der Waals surface area contributed by atoms with Gasteiger partial charge < -0.3 is 5.11 Å². The molecule has 10 heavy (non-hydrogen) atoms. The zero-order chi connectivity index (χ0) is 7.61. The second-order valence-electron chi connectivity index (χ2n) is 2.32. The minimum absolute atomic E-state index is 0.287. The maximum atomic E-state index is 12.7. The second kappa shape index (κ2) is 2.39. The summed E-state index contributed by atoms with van der Waals surface area (Å²) in [6.45, 7) is 1.11. The number of benzene rings is 1. The molecule has 2 heteroatoms. The van der Waals surface area contributed by atoms with Crippen molar-refractivity contribution in [1.82, 2.24) is 0 Å². The Morgan fingerprint density at radius 3 is 2.10 bits per heavy atom. The quantitative estimate of drug-likeness (QED) is 0.630. The number of halogens is 1. The molecule has 0 saturated carbocycles. The van der Waals surface area contributed by atoms with Gasteiger partial charge in [-0.15, -0.1) is 0 Å². The van der Waals surface area contributed by atoms with Gasteiger partial charge in [0, 0.05) is 5.56 Å². The van der Waals surface area contributed by atoms with E-state index < -0.39 is 5.85 Å². The van der Waals surface area contributed by atoms with Crippen molar-refractivity contribution in [3.05, 3.63) is 35.9 Å². The molecule has 0 spiro atoms. The predicted octanol–water partition coefficient (Wildman–Crippen LogP) is 1.82. The van der Waals surface area contributed by atoms with Crippen LogP contribution >= 0.6 is 0 Å². The summed E-state index contributed by atoms with van der Waals surface area (Å²) in [7, 11) is 0. The maximum Gasteiger partial charge on any atom is 0.230 e.